The van der Waals surface area contributed by atoms with Gasteiger partial charge >= 0.3 is 0 Å². The van der Waals surface area contributed by atoms with E-state index in [1.165, 1.54) is 0 Å². The molecule has 1 fully saturated rings. The molecule has 5 nitrogen and oxygen atoms in total. The van der Waals surface area contributed by atoms with Crippen molar-refractivity contribution >= 4 is 11.6 Å². The summed E-state index contributed by atoms with van der Waals surface area (Å²) in [5.74, 6) is 1.94. The summed E-state index contributed by atoms with van der Waals surface area (Å²) in [6.45, 7) is 3.16. The van der Waals surface area contributed by atoms with Crippen molar-refractivity contribution in [3.8, 4) is 11.5 Å². The number of benzene rings is 2. The van der Waals surface area contributed by atoms with Crippen LogP contribution in [0.25, 0.3) is 0 Å². The van der Waals surface area contributed by atoms with Gasteiger partial charge in [0.1, 0.15) is 11.5 Å². The van der Waals surface area contributed by atoms with E-state index in [0.29, 0.717) is 6.42 Å². The minimum absolute atomic E-state index is 0.223. The summed E-state index contributed by atoms with van der Waals surface area (Å²) in [4.78, 5) is 16.8. The summed E-state index contributed by atoms with van der Waals surface area (Å²) in [7, 11) is 3.35. The molecule has 26 heavy (non-hydrogen) atoms. The van der Waals surface area contributed by atoms with Crippen molar-refractivity contribution in [2.75, 3.05) is 45.3 Å². The molecule has 0 radical (unpaired) electrons. The summed E-state index contributed by atoms with van der Waals surface area (Å²) in [5, 5.41) is 0. The van der Waals surface area contributed by atoms with E-state index in [9.17, 15) is 4.79 Å². The number of carbonyl (C=O) groups excluding carboxylic acids is 1. The number of aryl methyl sites for hydroxylation is 1. The van der Waals surface area contributed by atoms with Gasteiger partial charge in [0.05, 0.1) is 19.9 Å². The third-order valence-electron chi connectivity index (χ3n) is 4.84. The number of methoxy groups -OCH3 is 2. The average Bonchev–Trinajstić information content (AvgIpc) is 2.72. The molecule has 0 unspecified atom stereocenters. The number of anilines is 1. The zero-order valence-corrected chi connectivity index (χ0v) is 15.5. The number of ether oxygens (including phenoxy) is 2. The van der Waals surface area contributed by atoms with Gasteiger partial charge in [0, 0.05) is 32.6 Å². The van der Waals surface area contributed by atoms with Crippen LogP contribution in [0.2, 0.25) is 0 Å². The fraction of sp³-hybridized carbons (Fsp3) is 0.381. The predicted molar refractivity (Wildman–Crippen MR) is 103 cm³/mol. The number of piperazine rings is 1. The van der Waals surface area contributed by atoms with Gasteiger partial charge in [-0.05, 0) is 36.2 Å². The lowest BCUT2D eigenvalue weighted by atomic mass is 10.1. The Balaban J connectivity index is 1.50. The minimum atomic E-state index is 0.223. The van der Waals surface area contributed by atoms with Crippen LogP contribution in [-0.2, 0) is 11.2 Å². The quantitative estimate of drug-likeness (QED) is 0.800. The van der Waals surface area contributed by atoms with Crippen LogP contribution in [0.5, 0.6) is 11.5 Å². The third kappa shape index (κ3) is 4.28. The van der Waals surface area contributed by atoms with Gasteiger partial charge in [0.25, 0.3) is 0 Å². The van der Waals surface area contributed by atoms with Gasteiger partial charge in [-0.15, -0.1) is 0 Å². The second kappa shape index (κ2) is 8.61. The van der Waals surface area contributed by atoms with Crippen LogP contribution in [0.1, 0.15) is 12.0 Å². The van der Waals surface area contributed by atoms with E-state index in [-0.39, 0.29) is 5.91 Å². The molecule has 3 rings (SSSR count). The zero-order valence-electron chi connectivity index (χ0n) is 15.5. The molecule has 0 aliphatic carbocycles. The first kappa shape index (κ1) is 18.1. The summed E-state index contributed by atoms with van der Waals surface area (Å²) < 4.78 is 10.6. The first-order valence-corrected chi connectivity index (χ1v) is 9.00. The Morgan fingerprint density at radius 1 is 0.923 bits per heavy atom. The van der Waals surface area contributed by atoms with E-state index in [2.05, 4.69) is 11.0 Å². The molecule has 2 aromatic rings. The molecule has 138 valence electrons. The first-order valence-electron chi connectivity index (χ1n) is 9.00. The highest BCUT2D eigenvalue weighted by atomic mass is 16.5. The molecule has 2 aromatic carbocycles. The molecule has 1 aliphatic heterocycles. The molecule has 1 aliphatic rings. The van der Waals surface area contributed by atoms with Crippen LogP contribution >= 0.6 is 0 Å². The Hall–Kier alpha value is -2.69. The Labute approximate surface area is 155 Å². The molecule has 1 saturated heterocycles. The van der Waals surface area contributed by atoms with Crippen LogP contribution in [0.4, 0.5) is 5.69 Å². The largest absolute Gasteiger partial charge is 0.497 e. The Bertz CT molecular complexity index is 722. The van der Waals surface area contributed by atoms with Crippen molar-refractivity contribution in [1.82, 2.24) is 4.90 Å². The van der Waals surface area contributed by atoms with Crippen molar-refractivity contribution < 1.29 is 14.3 Å². The molecule has 5 heteroatoms. The molecule has 0 atom stereocenters. The fourth-order valence-electron chi connectivity index (χ4n) is 3.29. The first-order chi connectivity index (χ1) is 12.7. The van der Waals surface area contributed by atoms with Gasteiger partial charge in [0.15, 0.2) is 0 Å². The number of carbonyl (C=O) groups is 1. The van der Waals surface area contributed by atoms with Crippen molar-refractivity contribution in [3.05, 3.63) is 54.1 Å². The van der Waals surface area contributed by atoms with E-state index in [0.717, 1.165) is 55.3 Å². The minimum Gasteiger partial charge on any atom is -0.497 e. The molecule has 0 aromatic heterocycles. The lowest BCUT2D eigenvalue weighted by Gasteiger charge is -2.36. The van der Waals surface area contributed by atoms with Crippen molar-refractivity contribution in [3.63, 3.8) is 0 Å². The summed E-state index contributed by atoms with van der Waals surface area (Å²) in [6.07, 6.45) is 1.30. The Morgan fingerprint density at radius 3 is 2.27 bits per heavy atom. The van der Waals surface area contributed by atoms with E-state index in [1.54, 1.807) is 14.2 Å². The average molecular weight is 354 g/mol. The highest BCUT2D eigenvalue weighted by Crippen LogP contribution is 2.28. The second-order valence-electron chi connectivity index (χ2n) is 6.39. The summed E-state index contributed by atoms with van der Waals surface area (Å²) in [6, 6.07) is 15.9. The van der Waals surface area contributed by atoms with Gasteiger partial charge in [-0.1, -0.05) is 24.3 Å². The normalized spacial score (nSPS) is 14.2. The van der Waals surface area contributed by atoms with Crippen molar-refractivity contribution in [2.24, 2.45) is 0 Å². The monoisotopic (exact) mass is 354 g/mol. The number of amides is 1. The molecule has 1 amide bonds. The maximum absolute atomic E-state index is 12.5. The predicted octanol–water partition coefficient (Wildman–Crippen LogP) is 2.99. The molecule has 0 spiro atoms. The lowest BCUT2D eigenvalue weighted by Crippen LogP contribution is -2.48. The summed E-state index contributed by atoms with van der Waals surface area (Å²) in [5.41, 5.74) is 2.26. The van der Waals surface area contributed by atoms with Gasteiger partial charge in [-0.3, -0.25) is 4.79 Å². The van der Waals surface area contributed by atoms with Crippen LogP contribution in [0, 0.1) is 0 Å². The molecule has 0 saturated carbocycles. The number of rotatable bonds is 6. The maximum Gasteiger partial charge on any atom is 0.223 e. The number of hydrogen-bond acceptors (Lipinski definition) is 4. The highest BCUT2D eigenvalue weighted by molar-refractivity contribution is 5.77. The lowest BCUT2D eigenvalue weighted by molar-refractivity contribution is -0.131. The van der Waals surface area contributed by atoms with Gasteiger partial charge in [0.2, 0.25) is 5.91 Å². The van der Waals surface area contributed by atoms with E-state index in [1.807, 2.05) is 47.4 Å². The van der Waals surface area contributed by atoms with Gasteiger partial charge in [-0.25, -0.2) is 0 Å². The fourth-order valence-corrected chi connectivity index (χ4v) is 3.29. The van der Waals surface area contributed by atoms with Crippen molar-refractivity contribution in [2.45, 2.75) is 12.8 Å². The molecular formula is C21H26N2O3. The standard InChI is InChI=1S/C21H26N2O3/c1-25-18-10-7-17(8-11-18)9-12-21(24)23-15-13-22(14-16-23)19-5-3-4-6-20(19)26-2/h3-8,10-11H,9,12-16H2,1-2H3. The second-order valence-corrected chi connectivity index (χ2v) is 6.39. The van der Waals surface area contributed by atoms with Crippen LogP contribution in [0.3, 0.4) is 0 Å². The molecule has 1 heterocycles. The van der Waals surface area contributed by atoms with Crippen LogP contribution in [0.15, 0.2) is 48.5 Å². The van der Waals surface area contributed by atoms with Crippen LogP contribution < -0.4 is 14.4 Å². The number of hydrogen-bond donors (Lipinski definition) is 0. The van der Waals surface area contributed by atoms with E-state index < -0.39 is 0 Å². The molecular weight excluding hydrogens is 328 g/mol. The van der Waals surface area contributed by atoms with E-state index in [4.69, 9.17) is 9.47 Å². The van der Waals surface area contributed by atoms with Crippen LogP contribution in [-0.4, -0.2) is 51.2 Å². The SMILES string of the molecule is COc1ccc(CCC(=O)N2CCN(c3ccccc3OC)CC2)cc1. The Morgan fingerprint density at radius 2 is 1.62 bits per heavy atom. The maximum atomic E-state index is 12.5. The topological polar surface area (TPSA) is 42.0 Å². The highest BCUT2D eigenvalue weighted by Gasteiger charge is 2.22. The van der Waals surface area contributed by atoms with Crippen molar-refractivity contribution in [1.29, 1.82) is 0 Å². The molecule has 0 N–H and O–H groups in total. The number of para-hydroxylation sites is 2. The number of nitrogens with zero attached hydrogens (tertiary/aromatic N) is 2. The smallest absolute Gasteiger partial charge is 0.223 e. The zero-order chi connectivity index (χ0) is 18.4. The van der Waals surface area contributed by atoms with Gasteiger partial charge in [-0.2, -0.15) is 0 Å². The molecule has 0 bridgehead atoms. The van der Waals surface area contributed by atoms with Gasteiger partial charge < -0.3 is 19.3 Å². The van der Waals surface area contributed by atoms with E-state index >= 15 is 0 Å². The third-order valence-corrected chi connectivity index (χ3v) is 4.84. The Kier molecular flexibility index (Phi) is 6.00. The summed E-state index contributed by atoms with van der Waals surface area (Å²) >= 11 is 0.